The van der Waals surface area contributed by atoms with Gasteiger partial charge in [-0.3, -0.25) is 9.59 Å². The van der Waals surface area contributed by atoms with Crippen molar-refractivity contribution in [3.63, 3.8) is 0 Å². The van der Waals surface area contributed by atoms with Gasteiger partial charge in [0.1, 0.15) is 11.6 Å². The van der Waals surface area contributed by atoms with Gasteiger partial charge < -0.3 is 21.1 Å². The molecule has 2 fully saturated rings. The number of hydrogen-bond acceptors (Lipinski definition) is 7. The molecule has 0 aromatic rings. The fraction of sp³-hybridized carbons (Fsp3) is 0.833. The van der Waals surface area contributed by atoms with E-state index in [1.54, 1.807) is 0 Å². The lowest BCUT2D eigenvalue weighted by atomic mass is 9.81. The summed E-state index contributed by atoms with van der Waals surface area (Å²) in [6, 6.07) is -1.32. The number of ether oxygens (including phenoxy) is 1. The second-order valence-electron chi connectivity index (χ2n) is 8.26. The number of rotatable bonds is 1. The molecule has 1 spiro atoms. The molecule has 2 rings (SSSR count). The van der Waals surface area contributed by atoms with E-state index in [4.69, 9.17) is 10.5 Å². The van der Waals surface area contributed by atoms with Gasteiger partial charge in [-0.05, 0) is 40.0 Å². The summed E-state index contributed by atoms with van der Waals surface area (Å²) in [5.41, 5.74) is 4.77. The standard InChI is InChI=1S/C18H31N3O4S2.ClH/c1-17(2,3)25-15(23)13-11-27-26-10-12(19)14(22)20-9-8-18(16(24)21-13)6-4-5-7-18;/h12-13H,4-11,19H2,1-3H3,(H,20,22)(H,21,24);1H/t12-,13-;/m0./s1. The SMILES string of the molecule is CC(C)(C)OC(=O)[C@@H]1CSSC[C@H](N)C(=O)NCCC2(CCCC2)C(=O)N1.Cl. The van der Waals surface area contributed by atoms with Gasteiger partial charge in [-0.1, -0.05) is 34.4 Å². The summed E-state index contributed by atoms with van der Waals surface area (Å²) in [6.07, 6.45) is 4.04. The molecule has 4 N–H and O–H groups in total. The van der Waals surface area contributed by atoms with Crippen molar-refractivity contribution in [2.45, 2.75) is 70.6 Å². The second kappa shape index (κ2) is 10.9. The van der Waals surface area contributed by atoms with Gasteiger partial charge in [0, 0.05) is 18.1 Å². The summed E-state index contributed by atoms with van der Waals surface area (Å²) in [4.78, 5) is 37.8. The largest absolute Gasteiger partial charge is 0.458 e. The molecule has 1 aliphatic carbocycles. The van der Waals surface area contributed by atoms with Crippen LogP contribution in [-0.4, -0.2) is 53.5 Å². The molecular weight excluding hydrogens is 422 g/mol. The van der Waals surface area contributed by atoms with Crippen LogP contribution in [0.3, 0.4) is 0 Å². The maximum Gasteiger partial charge on any atom is 0.330 e. The molecule has 1 saturated heterocycles. The van der Waals surface area contributed by atoms with E-state index in [0.29, 0.717) is 24.5 Å². The number of halogens is 1. The summed E-state index contributed by atoms with van der Waals surface area (Å²) >= 11 is 0. The van der Waals surface area contributed by atoms with Crippen LogP contribution >= 0.6 is 34.0 Å². The Labute approximate surface area is 181 Å². The molecule has 1 aliphatic heterocycles. The van der Waals surface area contributed by atoms with Crippen molar-refractivity contribution >= 4 is 51.8 Å². The Kier molecular flexibility index (Phi) is 9.93. The molecule has 7 nitrogen and oxygen atoms in total. The van der Waals surface area contributed by atoms with Crippen LogP contribution in [-0.2, 0) is 19.1 Å². The number of hydrogen-bond donors (Lipinski definition) is 3. The second-order valence-corrected chi connectivity index (χ2v) is 10.8. The molecule has 28 heavy (non-hydrogen) atoms. The number of carbonyl (C=O) groups is 3. The quantitative estimate of drug-likeness (QED) is 0.411. The molecule has 1 saturated carbocycles. The maximum absolute atomic E-state index is 13.1. The predicted octanol–water partition coefficient (Wildman–Crippen LogP) is 2.02. The van der Waals surface area contributed by atoms with Crippen LogP contribution in [0.25, 0.3) is 0 Å². The molecular formula is C18H32ClN3O4S2. The smallest absolute Gasteiger partial charge is 0.330 e. The van der Waals surface area contributed by atoms with Crippen LogP contribution in [0.4, 0.5) is 0 Å². The minimum atomic E-state index is -0.715. The first kappa shape index (κ1) is 25.4. The van der Waals surface area contributed by atoms with Crippen LogP contribution in [0.1, 0.15) is 52.9 Å². The molecule has 0 aromatic heterocycles. The molecule has 2 aliphatic rings. The first-order valence-corrected chi connectivity index (χ1v) is 11.9. The average Bonchev–Trinajstić information content (AvgIpc) is 3.05. The van der Waals surface area contributed by atoms with E-state index in [1.165, 1.54) is 21.6 Å². The molecule has 162 valence electrons. The summed E-state index contributed by atoms with van der Waals surface area (Å²) in [5.74, 6) is 0.0798. The van der Waals surface area contributed by atoms with Crippen molar-refractivity contribution < 1.29 is 19.1 Å². The Balaban J connectivity index is 0.00000392. The Morgan fingerprint density at radius 1 is 1.14 bits per heavy atom. The predicted molar refractivity (Wildman–Crippen MR) is 116 cm³/mol. The van der Waals surface area contributed by atoms with Gasteiger partial charge in [0.25, 0.3) is 0 Å². The van der Waals surface area contributed by atoms with Gasteiger partial charge in [0.05, 0.1) is 11.5 Å². The zero-order chi connectivity index (χ0) is 20.1. The van der Waals surface area contributed by atoms with Crippen molar-refractivity contribution in [1.29, 1.82) is 0 Å². The first-order valence-electron chi connectivity index (χ1n) is 9.44. The van der Waals surface area contributed by atoms with Crippen molar-refractivity contribution in [2.24, 2.45) is 11.1 Å². The zero-order valence-electron chi connectivity index (χ0n) is 16.7. The fourth-order valence-electron chi connectivity index (χ4n) is 3.36. The maximum atomic E-state index is 13.1. The van der Waals surface area contributed by atoms with Gasteiger partial charge in [-0.25, -0.2) is 4.79 Å². The summed E-state index contributed by atoms with van der Waals surface area (Å²) in [6.45, 7) is 5.84. The molecule has 1 heterocycles. The topological polar surface area (TPSA) is 111 Å². The van der Waals surface area contributed by atoms with Crippen LogP contribution < -0.4 is 16.4 Å². The lowest BCUT2D eigenvalue weighted by molar-refractivity contribution is -0.158. The van der Waals surface area contributed by atoms with Gasteiger partial charge in [0.15, 0.2) is 0 Å². The van der Waals surface area contributed by atoms with Crippen LogP contribution in [0.15, 0.2) is 0 Å². The molecule has 0 aromatic carbocycles. The third-order valence-corrected chi connectivity index (χ3v) is 7.29. The monoisotopic (exact) mass is 453 g/mol. The summed E-state index contributed by atoms with van der Waals surface area (Å²) in [7, 11) is 2.84. The van der Waals surface area contributed by atoms with Crippen LogP contribution in [0.5, 0.6) is 0 Å². The average molecular weight is 454 g/mol. The Morgan fingerprint density at radius 2 is 1.75 bits per heavy atom. The van der Waals surface area contributed by atoms with E-state index in [0.717, 1.165) is 25.7 Å². The molecule has 0 bridgehead atoms. The molecule has 0 radical (unpaired) electrons. The Bertz CT molecular complexity index is 566. The Morgan fingerprint density at radius 3 is 2.36 bits per heavy atom. The molecule has 2 atom stereocenters. The number of nitrogens with two attached hydrogens (primary N) is 1. The van der Waals surface area contributed by atoms with E-state index in [-0.39, 0.29) is 24.2 Å². The number of carbonyl (C=O) groups excluding carboxylic acids is 3. The fourth-order valence-corrected chi connectivity index (χ4v) is 5.64. The lowest BCUT2D eigenvalue weighted by Gasteiger charge is -2.31. The van der Waals surface area contributed by atoms with Crippen molar-refractivity contribution in [3.8, 4) is 0 Å². The Hall–Kier alpha value is -0.640. The summed E-state index contributed by atoms with van der Waals surface area (Å²) in [5, 5.41) is 5.79. The van der Waals surface area contributed by atoms with E-state index < -0.39 is 29.1 Å². The third kappa shape index (κ3) is 7.31. The van der Waals surface area contributed by atoms with Crippen molar-refractivity contribution in [3.05, 3.63) is 0 Å². The normalized spacial score (nSPS) is 26.7. The highest BCUT2D eigenvalue weighted by Gasteiger charge is 2.42. The highest BCUT2D eigenvalue weighted by atomic mass is 35.5. The number of amides is 2. The van der Waals surface area contributed by atoms with Crippen molar-refractivity contribution in [2.75, 3.05) is 18.1 Å². The highest BCUT2D eigenvalue weighted by Crippen LogP contribution is 2.41. The summed E-state index contributed by atoms with van der Waals surface area (Å²) < 4.78 is 5.50. The van der Waals surface area contributed by atoms with Crippen LogP contribution in [0.2, 0.25) is 0 Å². The third-order valence-electron chi connectivity index (χ3n) is 4.84. The number of esters is 1. The van der Waals surface area contributed by atoms with Gasteiger partial charge in [-0.2, -0.15) is 0 Å². The van der Waals surface area contributed by atoms with E-state index in [1.807, 2.05) is 20.8 Å². The minimum Gasteiger partial charge on any atom is -0.458 e. The highest BCUT2D eigenvalue weighted by molar-refractivity contribution is 8.76. The number of nitrogens with one attached hydrogen (secondary N) is 2. The van der Waals surface area contributed by atoms with E-state index in [2.05, 4.69) is 10.6 Å². The molecule has 2 amide bonds. The first-order chi connectivity index (χ1) is 12.6. The minimum absolute atomic E-state index is 0. The van der Waals surface area contributed by atoms with Gasteiger partial charge >= 0.3 is 5.97 Å². The molecule has 0 unspecified atom stereocenters. The van der Waals surface area contributed by atoms with Crippen LogP contribution in [0, 0.1) is 5.41 Å². The molecule has 10 heteroatoms. The van der Waals surface area contributed by atoms with Gasteiger partial charge in [-0.15, -0.1) is 12.4 Å². The van der Waals surface area contributed by atoms with E-state index >= 15 is 0 Å². The zero-order valence-corrected chi connectivity index (χ0v) is 19.2. The van der Waals surface area contributed by atoms with E-state index in [9.17, 15) is 14.4 Å². The van der Waals surface area contributed by atoms with Crippen molar-refractivity contribution in [1.82, 2.24) is 10.6 Å². The van der Waals surface area contributed by atoms with Gasteiger partial charge in [0.2, 0.25) is 11.8 Å². The lowest BCUT2D eigenvalue weighted by Crippen LogP contribution is -2.51.